The molecular weight excluding hydrogens is 224 g/mol. The summed E-state index contributed by atoms with van der Waals surface area (Å²) in [4.78, 5) is 2.54. The minimum Gasteiger partial charge on any atom is -0.302 e. The molecule has 0 atom stereocenters. The number of sulfonamides is 1. The second-order valence-corrected chi connectivity index (χ2v) is 6.01. The fourth-order valence-electron chi connectivity index (χ4n) is 1.96. The average molecular weight is 240 g/mol. The van der Waals surface area contributed by atoms with Gasteiger partial charge in [-0.15, -0.1) is 0 Å². The van der Waals surface area contributed by atoms with Gasteiger partial charge in [-0.2, -0.15) is 0 Å². The van der Waals surface area contributed by atoms with E-state index in [0.717, 1.165) is 25.1 Å². The highest BCUT2D eigenvalue weighted by atomic mass is 32.2. The molecule has 0 bridgehead atoms. The first kappa shape index (κ1) is 11.6. The molecule has 0 saturated carbocycles. The Balaban J connectivity index is 2.43. The van der Waals surface area contributed by atoms with Gasteiger partial charge >= 0.3 is 0 Å². The molecular formula is C11H16N2O2S. The van der Waals surface area contributed by atoms with Gasteiger partial charge in [0.15, 0.2) is 0 Å². The number of nitrogens with one attached hydrogen (secondary N) is 1. The van der Waals surface area contributed by atoms with Gasteiger partial charge in [0.25, 0.3) is 0 Å². The average Bonchev–Trinajstić information content (AvgIpc) is 2.28. The van der Waals surface area contributed by atoms with Crippen molar-refractivity contribution in [3.63, 3.8) is 0 Å². The zero-order valence-corrected chi connectivity index (χ0v) is 10.3. The highest BCUT2D eigenvalue weighted by Gasteiger charge is 2.17. The lowest BCUT2D eigenvalue weighted by Crippen LogP contribution is -2.27. The normalized spacial score (nSPS) is 17.1. The molecule has 0 spiro atoms. The molecule has 0 saturated heterocycles. The Morgan fingerprint density at radius 2 is 2.06 bits per heavy atom. The number of hydrogen-bond acceptors (Lipinski definition) is 3. The van der Waals surface area contributed by atoms with Crippen molar-refractivity contribution >= 4 is 10.0 Å². The first-order chi connectivity index (χ1) is 7.53. The van der Waals surface area contributed by atoms with Crippen LogP contribution in [-0.2, 0) is 23.0 Å². The monoisotopic (exact) mass is 240 g/mol. The van der Waals surface area contributed by atoms with Crippen molar-refractivity contribution in [2.75, 3.05) is 20.6 Å². The van der Waals surface area contributed by atoms with Crippen molar-refractivity contribution in [2.24, 2.45) is 0 Å². The number of benzene rings is 1. The molecule has 0 fully saturated rings. The third kappa shape index (κ3) is 2.11. The number of nitrogens with zero attached hydrogens (tertiary/aromatic N) is 1. The molecule has 1 aliphatic rings. The number of fused-ring (bicyclic) bond motifs is 1. The summed E-state index contributed by atoms with van der Waals surface area (Å²) in [6.07, 6.45) is 0.992. The molecule has 0 amide bonds. The summed E-state index contributed by atoms with van der Waals surface area (Å²) in [5, 5.41) is 0. The van der Waals surface area contributed by atoms with Crippen LogP contribution in [0.25, 0.3) is 0 Å². The van der Waals surface area contributed by atoms with Gasteiger partial charge in [0, 0.05) is 13.1 Å². The van der Waals surface area contributed by atoms with Crippen molar-refractivity contribution in [1.82, 2.24) is 9.62 Å². The standard InChI is InChI=1S/C11H16N2O2S/c1-12-16(14,15)11-4-3-9-5-6-13(2)8-10(9)7-11/h3-4,7,12H,5-6,8H2,1-2H3. The largest absolute Gasteiger partial charge is 0.302 e. The molecule has 1 N–H and O–H groups in total. The van der Waals surface area contributed by atoms with Gasteiger partial charge in [-0.25, -0.2) is 13.1 Å². The predicted molar refractivity (Wildman–Crippen MR) is 62.7 cm³/mol. The summed E-state index contributed by atoms with van der Waals surface area (Å²) < 4.78 is 25.6. The van der Waals surface area contributed by atoms with E-state index >= 15 is 0 Å². The summed E-state index contributed by atoms with van der Waals surface area (Å²) >= 11 is 0. The summed E-state index contributed by atoms with van der Waals surface area (Å²) in [5.74, 6) is 0. The Kier molecular flexibility index (Phi) is 3.01. The number of likely N-dealkylation sites (N-methyl/N-ethyl adjacent to an activating group) is 1. The van der Waals surface area contributed by atoms with Gasteiger partial charge in [0.1, 0.15) is 0 Å². The topological polar surface area (TPSA) is 49.4 Å². The van der Waals surface area contributed by atoms with Gasteiger partial charge in [0.2, 0.25) is 10.0 Å². The SMILES string of the molecule is CNS(=O)(=O)c1ccc2c(c1)CN(C)CC2. The summed E-state index contributed by atoms with van der Waals surface area (Å²) in [7, 11) is 0.158. The minimum absolute atomic E-state index is 0.351. The molecule has 0 unspecified atom stereocenters. The van der Waals surface area contributed by atoms with E-state index in [9.17, 15) is 8.42 Å². The quantitative estimate of drug-likeness (QED) is 0.823. The van der Waals surface area contributed by atoms with Crippen LogP contribution in [0.4, 0.5) is 0 Å². The third-order valence-electron chi connectivity index (χ3n) is 2.96. The maximum absolute atomic E-state index is 11.6. The molecule has 0 aliphatic carbocycles. The van der Waals surface area contributed by atoms with E-state index in [1.165, 1.54) is 12.6 Å². The van der Waals surface area contributed by atoms with Crippen molar-refractivity contribution in [2.45, 2.75) is 17.9 Å². The lowest BCUT2D eigenvalue weighted by atomic mass is 10.0. The van der Waals surface area contributed by atoms with Crippen LogP contribution in [0.15, 0.2) is 23.1 Å². The molecule has 1 aliphatic heterocycles. The van der Waals surface area contributed by atoms with Crippen LogP contribution in [0.5, 0.6) is 0 Å². The Morgan fingerprint density at radius 1 is 1.31 bits per heavy atom. The Hall–Kier alpha value is -0.910. The van der Waals surface area contributed by atoms with Crippen LogP contribution in [0.3, 0.4) is 0 Å². The highest BCUT2D eigenvalue weighted by molar-refractivity contribution is 7.89. The van der Waals surface area contributed by atoms with Crippen LogP contribution in [0, 0.1) is 0 Å². The molecule has 16 heavy (non-hydrogen) atoms. The fourth-order valence-corrected chi connectivity index (χ4v) is 2.74. The van der Waals surface area contributed by atoms with E-state index in [1.807, 2.05) is 13.1 Å². The van der Waals surface area contributed by atoms with Gasteiger partial charge in [-0.3, -0.25) is 0 Å². The van der Waals surface area contributed by atoms with Crippen molar-refractivity contribution < 1.29 is 8.42 Å². The Labute approximate surface area is 96.3 Å². The first-order valence-corrected chi connectivity index (χ1v) is 6.75. The van der Waals surface area contributed by atoms with E-state index in [-0.39, 0.29) is 0 Å². The van der Waals surface area contributed by atoms with Gasteiger partial charge in [0.05, 0.1) is 4.90 Å². The maximum Gasteiger partial charge on any atom is 0.240 e. The summed E-state index contributed by atoms with van der Waals surface area (Å²) in [5.41, 5.74) is 2.37. The second-order valence-electron chi connectivity index (χ2n) is 4.13. The highest BCUT2D eigenvalue weighted by Crippen LogP contribution is 2.21. The summed E-state index contributed by atoms with van der Waals surface area (Å²) in [6.45, 7) is 1.85. The van der Waals surface area contributed by atoms with Gasteiger partial charge in [-0.05, 0) is 43.8 Å². The Bertz CT molecular complexity index is 497. The van der Waals surface area contributed by atoms with Crippen LogP contribution >= 0.6 is 0 Å². The number of hydrogen-bond donors (Lipinski definition) is 1. The van der Waals surface area contributed by atoms with E-state index in [0.29, 0.717) is 4.90 Å². The maximum atomic E-state index is 11.6. The third-order valence-corrected chi connectivity index (χ3v) is 4.37. The molecule has 4 nitrogen and oxygen atoms in total. The van der Waals surface area contributed by atoms with Gasteiger partial charge < -0.3 is 4.90 Å². The lowest BCUT2D eigenvalue weighted by molar-refractivity contribution is 0.312. The Morgan fingerprint density at radius 3 is 2.75 bits per heavy atom. The van der Waals surface area contributed by atoms with Crippen molar-refractivity contribution in [1.29, 1.82) is 0 Å². The zero-order chi connectivity index (χ0) is 11.8. The van der Waals surface area contributed by atoms with Crippen molar-refractivity contribution in [3.8, 4) is 0 Å². The minimum atomic E-state index is -3.32. The van der Waals surface area contributed by atoms with E-state index < -0.39 is 10.0 Å². The molecule has 2 rings (SSSR count). The summed E-state index contributed by atoms with van der Waals surface area (Å²) in [6, 6.07) is 5.37. The fraction of sp³-hybridized carbons (Fsp3) is 0.455. The van der Waals surface area contributed by atoms with Gasteiger partial charge in [-0.1, -0.05) is 6.07 Å². The molecule has 1 aromatic rings. The van der Waals surface area contributed by atoms with E-state index in [4.69, 9.17) is 0 Å². The van der Waals surface area contributed by atoms with Crippen LogP contribution in [-0.4, -0.2) is 34.0 Å². The van der Waals surface area contributed by atoms with E-state index in [1.54, 1.807) is 12.1 Å². The number of rotatable bonds is 2. The van der Waals surface area contributed by atoms with E-state index in [2.05, 4.69) is 9.62 Å². The van der Waals surface area contributed by atoms with Crippen LogP contribution in [0.2, 0.25) is 0 Å². The smallest absolute Gasteiger partial charge is 0.240 e. The molecule has 88 valence electrons. The van der Waals surface area contributed by atoms with Crippen LogP contribution in [0.1, 0.15) is 11.1 Å². The predicted octanol–water partition coefficient (Wildman–Crippen LogP) is 0.583. The second kappa shape index (κ2) is 4.16. The molecule has 1 heterocycles. The zero-order valence-electron chi connectivity index (χ0n) is 9.53. The molecule has 5 heteroatoms. The van der Waals surface area contributed by atoms with Crippen LogP contribution < -0.4 is 4.72 Å². The lowest BCUT2D eigenvalue weighted by Gasteiger charge is -2.25. The molecule has 0 radical (unpaired) electrons. The first-order valence-electron chi connectivity index (χ1n) is 5.27. The van der Waals surface area contributed by atoms with Crippen molar-refractivity contribution in [3.05, 3.63) is 29.3 Å². The molecule has 1 aromatic carbocycles. The molecule has 0 aromatic heterocycles.